The molecule has 2 fully saturated rings. The fraction of sp³-hybridized carbons (Fsp3) is 0.647. The summed E-state index contributed by atoms with van der Waals surface area (Å²) in [6.07, 6.45) is 12.1. The highest BCUT2D eigenvalue weighted by molar-refractivity contribution is 7.67. The van der Waals surface area contributed by atoms with Crippen molar-refractivity contribution in [2.45, 2.75) is 69.6 Å². The van der Waals surface area contributed by atoms with E-state index in [2.05, 4.69) is 31.2 Å². The molecule has 0 atom stereocenters. The van der Waals surface area contributed by atoms with Gasteiger partial charge >= 0.3 is 7.25 Å². The largest absolute Gasteiger partial charge is 0.673 e. The maximum atomic E-state index is 9.75. The quantitative estimate of drug-likeness (QED) is 0.356. The molecule has 1 aromatic carbocycles. The highest BCUT2D eigenvalue weighted by atomic mass is 31.1. The molecule has 0 aliphatic heterocycles. The van der Waals surface area contributed by atoms with Crippen LogP contribution in [0.1, 0.15) is 56.9 Å². The fourth-order valence-electron chi connectivity index (χ4n) is 4.10. The summed E-state index contributed by atoms with van der Waals surface area (Å²) >= 11 is 0. The summed E-state index contributed by atoms with van der Waals surface area (Å²) in [7, 11) is -6.30. The van der Waals surface area contributed by atoms with Crippen LogP contribution in [0.15, 0.2) is 24.3 Å². The van der Waals surface area contributed by atoms with Gasteiger partial charge in [-0.05, 0) is 76.0 Å². The molecule has 0 N–H and O–H groups in total. The molecule has 0 bridgehead atoms. The Morgan fingerprint density at radius 2 is 1.30 bits per heavy atom. The molecular formula is C17H26BF4P. The van der Waals surface area contributed by atoms with Gasteiger partial charge in [0.1, 0.15) is 0 Å². The standard InChI is InChI=1S/C17H25P.BF4/c1-14-7-6-12-17(13-14)18(15-8-2-3-9-15)16-10-4-5-11-16;2-1(3,4)5/h6-7,12-13,15-16H,2-5,8-11H2,1H3;/q;-1/p+1. The van der Waals surface area contributed by atoms with E-state index in [1.54, 1.807) is 5.30 Å². The molecule has 2 saturated carbocycles. The summed E-state index contributed by atoms with van der Waals surface area (Å²) in [4.78, 5) is 0. The van der Waals surface area contributed by atoms with Gasteiger partial charge in [0, 0.05) is 7.92 Å². The first-order valence-electron chi connectivity index (χ1n) is 8.65. The molecule has 0 amide bonds. The summed E-state index contributed by atoms with van der Waals surface area (Å²) in [6, 6.07) is 9.49. The maximum absolute atomic E-state index is 9.75. The average Bonchev–Trinajstić information content (AvgIpc) is 3.11. The van der Waals surface area contributed by atoms with E-state index in [0.717, 1.165) is 11.3 Å². The van der Waals surface area contributed by atoms with Crippen molar-refractivity contribution in [3.05, 3.63) is 29.8 Å². The molecule has 0 unspecified atom stereocenters. The second-order valence-corrected chi connectivity index (χ2v) is 9.90. The minimum atomic E-state index is -6.00. The first kappa shape index (κ1) is 18.8. The summed E-state index contributed by atoms with van der Waals surface area (Å²) in [5.41, 5.74) is 3.63. The zero-order chi connectivity index (χ0) is 16.9. The third-order valence-electron chi connectivity index (χ3n) is 4.94. The van der Waals surface area contributed by atoms with Gasteiger partial charge in [0.2, 0.25) is 0 Å². The molecule has 6 heteroatoms. The third-order valence-corrected chi connectivity index (χ3v) is 8.83. The van der Waals surface area contributed by atoms with Crippen LogP contribution in [0.4, 0.5) is 17.3 Å². The lowest BCUT2D eigenvalue weighted by atomic mass is 10.2. The van der Waals surface area contributed by atoms with Crippen LogP contribution in [-0.4, -0.2) is 18.6 Å². The topological polar surface area (TPSA) is 0 Å². The van der Waals surface area contributed by atoms with E-state index in [1.165, 1.54) is 56.9 Å². The predicted molar refractivity (Wildman–Crippen MR) is 93.8 cm³/mol. The number of benzene rings is 1. The Balaban J connectivity index is 0.000000338. The van der Waals surface area contributed by atoms with Crippen molar-refractivity contribution in [3.8, 4) is 0 Å². The van der Waals surface area contributed by atoms with Gasteiger partial charge in [0.15, 0.2) is 0 Å². The highest BCUT2D eigenvalue weighted by Gasteiger charge is 2.40. The summed E-state index contributed by atoms with van der Waals surface area (Å²) in [5.74, 6) is 0. The molecule has 0 spiro atoms. The van der Waals surface area contributed by atoms with Gasteiger partial charge < -0.3 is 17.3 Å². The lowest BCUT2D eigenvalue weighted by Gasteiger charge is -2.22. The van der Waals surface area contributed by atoms with Crippen molar-refractivity contribution in [2.75, 3.05) is 0 Å². The third kappa shape index (κ3) is 6.45. The van der Waals surface area contributed by atoms with Crippen LogP contribution in [0.3, 0.4) is 0 Å². The Hall–Kier alpha value is -0.565. The Kier molecular flexibility index (Phi) is 6.94. The van der Waals surface area contributed by atoms with Crippen LogP contribution in [0.25, 0.3) is 0 Å². The summed E-state index contributed by atoms with van der Waals surface area (Å²) < 4.78 is 39.0. The van der Waals surface area contributed by atoms with E-state index in [-0.39, 0.29) is 7.92 Å². The van der Waals surface area contributed by atoms with E-state index >= 15 is 0 Å². The SMILES string of the molecule is Cc1cccc([PH+](C2CCCC2)C2CCCC2)c1.F[B-](F)(F)F. The van der Waals surface area contributed by atoms with Gasteiger partial charge in [-0.2, -0.15) is 0 Å². The van der Waals surface area contributed by atoms with Gasteiger partial charge in [-0.15, -0.1) is 0 Å². The van der Waals surface area contributed by atoms with Crippen LogP contribution < -0.4 is 5.30 Å². The fourth-order valence-corrected chi connectivity index (χ4v) is 8.46. The summed E-state index contributed by atoms with van der Waals surface area (Å²) in [5, 5.41) is 1.75. The van der Waals surface area contributed by atoms with Gasteiger partial charge in [-0.25, -0.2) is 0 Å². The highest BCUT2D eigenvalue weighted by Crippen LogP contribution is 2.56. The number of aryl methyl sites for hydroxylation is 1. The second-order valence-electron chi connectivity index (χ2n) is 6.78. The molecular weight excluding hydrogens is 322 g/mol. The first-order valence-corrected chi connectivity index (χ1v) is 10.3. The van der Waals surface area contributed by atoms with Gasteiger partial charge in [-0.3, -0.25) is 0 Å². The van der Waals surface area contributed by atoms with Crippen molar-refractivity contribution in [3.63, 3.8) is 0 Å². The first-order chi connectivity index (χ1) is 10.8. The number of hydrogen-bond donors (Lipinski definition) is 0. The van der Waals surface area contributed by atoms with Crippen LogP contribution in [0, 0.1) is 6.92 Å². The molecule has 0 nitrogen and oxygen atoms in total. The molecule has 0 radical (unpaired) electrons. The Labute approximate surface area is 137 Å². The normalized spacial score (nSPS) is 19.9. The number of hydrogen-bond acceptors (Lipinski definition) is 0. The average molecular weight is 348 g/mol. The minimum Gasteiger partial charge on any atom is -0.418 e. The Bertz CT molecular complexity index is 458. The van der Waals surface area contributed by atoms with E-state index in [4.69, 9.17) is 0 Å². The van der Waals surface area contributed by atoms with E-state index in [0.29, 0.717) is 0 Å². The Morgan fingerprint density at radius 3 is 1.70 bits per heavy atom. The van der Waals surface area contributed by atoms with E-state index in [1.807, 2.05) is 0 Å². The zero-order valence-electron chi connectivity index (χ0n) is 13.7. The van der Waals surface area contributed by atoms with Crippen molar-refractivity contribution in [1.29, 1.82) is 0 Å². The van der Waals surface area contributed by atoms with Crippen molar-refractivity contribution in [1.82, 2.24) is 0 Å². The van der Waals surface area contributed by atoms with E-state index < -0.39 is 7.25 Å². The number of halogens is 4. The van der Waals surface area contributed by atoms with Crippen molar-refractivity contribution >= 4 is 20.5 Å². The molecule has 3 rings (SSSR count). The summed E-state index contributed by atoms with van der Waals surface area (Å²) in [6.45, 7) is 2.26. The predicted octanol–water partition coefficient (Wildman–Crippen LogP) is 6.02. The Morgan fingerprint density at radius 1 is 0.870 bits per heavy atom. The van der Waals surface area contributed by atoms with E-state index in [9.17, 15) is 17.3 Å². The zero-order valence-corrected chi connectivity index (χ0v) is 14.7. The molecule has 2 aliphatic rings. The second kappa shape index (κ2) is 8.51. The smallest absolute Gasteiger partial charge is 0.418 e. The molecule has 23 heavy (non-hydrogen) atoms. The lowest BCUT2D eigenvalue weighted by molar-refractivity contribution is 0.368. The van der Waals surface area contributed by atoms with Crippen molar-refractivity contribution < 1.29 is 17.3 Å². The molecule has 2 aliphatic carbocycles. The van der Waals surface area contributed by atoms with Gasteiger partial charge in [0.05, 0.1) is 16.6 Å². The monoisotopic (exact) mass is 348 g/mol. The minimum absolute atomic E-state index is 0.300. The molecule has 0 heterocycles. The molecule has 130 valence electrons. The lowest BCUT2D eigenvalue weighted by Crippen LogP contribution is -2.19. The van der Waals surface area contributed by atoms with Crippen molar-refractivity contribution in [2.24, 2.45) is 0 Å². The maximum Gasteiger partial charge on any atom is 0.673 e. The van der Waals surface area contributed by atoms with Crippen LogP contribution in [0.2, 0.25) is 0 Å². The number of rotatable bonds is 3. The van der Waals surface area contributed by atoms with Gasteiger partial charge in [0.25, 0.3) is 0 Å². The van der Waals surface area contributed by atoms with Crippen LogP contribution in [0.5, 0.6) is 0 Å². The van der Waals surface area contributed by atoms with Crippen LogP contribution in [-0.2, 0) is 0 Å². The molecule has 0 saturated heterocycles. The van der Waals surface area contributed by atoms with Gasteiger partial charge in [-0.1, -0.05) is 12.1 Å². The molecule has 1 aromatic rings. The van der Waals surface area contributed by atoms with Crippen LogP contribution >= 0.6 is 7.92 Å². The molecule has 0 aromatic heterocycles.